The van der Waals surface area contributed by atoms with Gasteiger partial charge in [-0.3, -0.25) is 10.1 Å². The Bertz CT molecular complexity index is 1090. The van der Waals surface area contributed by atoms with Crippen LogP contribution in [0.1, 0.15) is 10.4 Å². The van der Waals surface area contributed by atoms with Crippen LogP contribution in [0, 0.1) is 0 Å². The van der Waals surface area contributed by atoms with E-state index in [0.717, 1.165) is 10.8 Å². The SMILES string of the molecule is COc1cccc(-c2nnc(NC(=O)c3ccc4ccccc4c3)o2)c1. The summed E-state index contributed by atoms with van der Waals surface area (Å²) in [6.45, 7) is 0. The first-order valence-corrected chi connectivity index (χ1v) is 8.01. The summed E-state index contributed by atoms with van der Waals surface area (Å²) in [4.78, 5) is 12.4. The zero-order chi connectivity index (χ0) is 17.9. The van der Waals surface area contributed by atoms with Crippen LogP contribution in [0.3, 0.4) is 0 Å². The van der Waals surface area contributed by atoms with Gasteiger partial charge >= 0.3 is 6.01 Å². The number of carbonyl (C=O) groups excluding carboxylic acids is 1. The van der Waals surface area contributed by atoms with E-state index in [-0.39, 0.29) is 11.9 Å². The Morgan fingerprint density at radius 3 is 2.65 bits per heavy atom. The molecule has 0 unspecified atom stereocenters. The molecule has 0 fully saturated rings. The van der Waals surface area contributed by atoms with Gasteiger partial charge in [0.15, 0.2) is 0 Å². The first kappa shape index (κ1) is 15.8. The molecule has 6 nitrogen and oxygen atoms in total. The molecule has 0 atom stereocenters. The molecule has 0 aliphatic rings. The number of ether oxygens (including phenoxy) is 1. The van der Waals surface area contributed by atoms with E-state index in [1.54, 1.807) is 19.2 Å². The number of benzene rings is 3. The number of anilines is 1. The maximum absolute atomic E-state index is 12.4. The lowest BCUT2D eigenvalue weighted by atomic mass is 10.1. The standard InChI is InChI=1S/C20H15N3O3/c1-25-17-8-4-7-16(12-17)19-22-23-20(26-19)21-18(24)15-10-9-13-5-2-3-6-14(13)11-15/h2-12H,1H3,(H,21,23,24). The largest absolute Gasteiger partial charge is 0.497 e. The quantitative estimate of drug-likeness (QED) is 0.601. The Morgan fingerprint density at radius 1 is 0.962 bits per heavy atom. The lowest BCUT2D eigenvalue weighted by molar-refractivity contribution is 0.102. The van der Waals surface area contributed by atoms with E-state index in [1.165, 1.54) is 0 Å². The third kappa shape index (κ3) is 3.12. The molecule has 0 saturated heterocycles. The molecule has 3 aromatic carbocycles. The van der Waals surface area contributed by atoms with Crippen molar-refractivity contribution in [2.45, 2.75) is 0 Å². The Balaban J connectivity index is 1.55. The summed E-state index contributed by atoms with van der Waals surface area (Å²) in [5.41, 5.74) is 1.23. The van der Waals surface area contributed by atoms with E-state index in [2.05, 4.69) is 15.5 Å². The molecule has 0 aliphatic heterocycles. The van der Waals surface area contributed by atoms with Crippen molar-refractivity contribution >= 4 is 22.7 Å². The van der Waals surface area contributed by atoms with Crippen LogP contribution in [0.4, 0.5) is 6.01 Å². The van der Waals surface area contributed by atoms with Crippen LogP contribution in [0.5, 0.6) is 5.75 Å². The van der Waals surface area contributed by atoms with Gasteiger partial charge in [-0.2, -0.15) is 0 Å². The topological polar surface area (TPSA) is 77.3 Å². The molecule has 1 aromatic heterocycles. The number of nitrogens with zero attached hydrogens (tertiary/aromatic N) is 2. The van der Waals surface area contributed by atoms with Crippen LogP contribution in [0.15, 0.2) is 71.1 Å². The van der Waals surface area contributed by atoms with Gasteiger partial charge in [-0.1, -0.05) is 41.5 Å². The molecule has 0 bridgehead atoms. The number of carbonyl (C=O) groups is 1. The second-order valence-electron chi connectivity index (χ2n) is 5.66. The monoisotopic (exact) mass is 345 g/mol. The fourth-order valence-electron chi connectivity index (χ4n) is 2.65. The Kier molecular flexibility index (Phi) is 4.07. The highest BCUT2D eigenvalue weighted by molar-refractivity contribution is 6.05. The number of aromatic nitrogens is 2. The zero-order valence-corrected chi connectivity index (χ0v) is 14.0. The lowest BCUT2D eigenvalue weighted by Gasteiger charge is -2.03. The van der Waals surface area contributed by atoms with Crippen molar-refractivity contribution in [3.8, 4) is 17.2 Å². The summed E-state index contributed by atoms with van der Waals surface area (Å²) in [6, 6.07) is 20.6. The van der Waals surface area contributed by atoms with Gasteiger partial charge in [0.1, 0.15) is 5.75 Å². The number of hydrogen-bond donors (Lipinski definition) is 1. The van der Waals surface area contributed by atoms with E-state index in [4.69, 9.17) is 9.15 Å². The predicted octanol–water partition coefficient (Wildman–Crippen LogP) is 4.15. The van der Waals surface area contributed by atoms with Crippen molar-refractivity contribution in [2.24, 2.45) is 0 Å². The van der Waals surface area contributed by atoms with Crippen LogP contribution in [-0.2, 0) is 0 Å². The Labute approximate surface area is 149 Å². The molecular weight excluding hydrogens is 330 g/mol. The summed E-state index contributed by atoms with van der Waals surface area (Å²) in [5.74, 6) is 0.678. The van der Waals surface area contributed by atoms with E-state index < -0.39 is 0 Å². The number of hydrogen-bond acceptors (Lipinski definition) is 5. The number of methoxy groups -OCH3 is 1. The highest BCUT2D eigenvalue weighted by Crippen LogP contribution is 2.24. The van der Waals surface area contributed by atoms with Crippen LogP contribution in [0.2, 0.25) is 0 Å². The number of fused-ring (bicyclic) bond motifs is 1. The number of nitrogens with one attached hydrogen (secondary N) is 1. The van der Waals surface area contributed by atoms with Crippen molar-refractivity contribution in [2.75, 3.05) is 12.4 Å². The third-order valence-corrected chi connectivity index (χ3v) is 3.97. The maximum atomic E-state index is 12.4. The maximum Gasteiger partial charge on any atom is 0.322 e. The summed E-state index contributed by atoms with van der Waals surface area (Å²) < 4.78 is 10.7. The Morgan fingerprint density at radius 2 is 1.81 bits per heavy atom. The molecule has 4 rings (SSSR count). The zero-order valence-electron chi connectivity index (χ0n) is 14.0. The normalized spacial score (nSPS) is 10.7. The predicted molar refractivity (Wildman–Crippen MR) is 98.2 cm³/mol. The highest BCUT2D eigenvalue weighted by Gasteiger charge is 2.13. The molecule has 0 aliphatic carbocycles. The van der Waals surface area contributed by atoms with Gasteiger partial charge in [-0.15, -0.1) is 5.10 Å². The van der Waals surface area contributed by atoms with Gasteiger partial charge in [0.2, 0.25) is 5.89 Å². The Hall–Kier alpha value is -3.67. The average Bonchev–Trinajstić information content (AvgIpc) is 3.16. The summed E-state index contributed by atoms with van der Waals surface area (Å²) >= 11 is 0. The minimum Gasteiger partial charge on any atom is -0.497 e. The van der Waals surface area contributed by atoms with Crippen LogP contribution < -0.4 is 10.1 Å². The first-order chi connectivity index (χ1) is 12.7. The van der Waals surface area contributed by atoms with Crippen LogP contribution in [-0.4, -0.2) is 23.2 Å². The highest BCUT2D eigenvalue weighted by atomic mass is 16.5. The minimum atomic E-state index is -0.309. The van der Waals surface area contributed by atoms with Gasteiger partial charge in [-0.05, 0) is 41.1 Å². The van der Waals surface area contributed by atoms with Gasteiger partial charge in [0.25, 0.3) is 5.91 Å². The molecule has 0 spiro atoms. The molecule has 4 aromatic rings. The van der Waals surface area contributed by atoms with Crippen molar-refractivity contribution in [1.82, 2.24) is 10.2 Å². The van der Waals surface area contributed by atoms with Crippen LogP contribution in [0.25, 0.3) is 22.2 Å². The molecule has 1 heterocycles. The minimum absolute atomic E-state index is 0.0426. The summed E-state index contributed by atoms with van der Waals surface area (Å²) in [7, 11) is 1.59. The summed E-state index contributed by atoms with van der Waals surface area (Å²) in [6.07, 6.45) is 0. The van der Waals surface area contributed by atoms with Crippen molar-refractivity contribution < 1.29 is 13.9 Å². The van der Waals surface area contributed by atoms with E-state index in [0.29, 0.717) is 22.8 Å². The lowest BCUT2D eigenvalue weighted by Crippen LogP contribution is -2.12. The van der Waals surface area contributed by atoms with Gasteiger partial charge in [-0.25, -0.2) is 0 Å². The van der Waals surface area contributed by atoms with Gasteiger partial charge < -0.3 is 9.15 Å². The molecule has 1 amide bonds. The average molecular weight is 345 g/mol. The second kappa shape index (κ2) is 6.68. The van der Waals surface area contributed by atoms with E-state index >= 15 is 0 Å². The van der Waals surface area contributed by atoms with Crippen molar-refractivity contribution in [1.29, 1.82) is 0 Å². The fraction of sp³-hybridized carbons (Fsp3) is 0.0500. The molecule has 0 saturated carbocycles. The van der Waals surface area contributed by atoms with Crippen molar-refractivity contribution in [3.05, 3.63) is 72.3 Å². The fourth-order valence-corrected chi connectivity index (χ4v) is 2.65. The molecular formula is C20H15N3O3. The second-order valence-corrected chi connectivity index (χ2v) is 5.66. The molecule has 26 heavy (non-hydrogen) atoms. The molecule has 128 valence electrons. The number of amides is 1. The van der Waals surface area contributed by atoms with Gasteiger partial charge in [0.05, 0.1) is 7.11 Å². The molecule has 0 radical (unpaired) electrons. The van der Waals surface area contributed by atoms with Crippen LogP contribution >= 0.6 is 0 Å². The first-order valence-electron chi connectivity index (χ1n) is 8.01. The number of rotatable bonds is 4. The van der Waals surface area contributed by atoms with E-state index in [9.17, 15) is 4.79 Å². The molecule has 1 N–H and O–H groups in total. The third-order valence-electron chi connectivity index (χ3n) is 3.97. The molecule has 6 heteroatoms. The van der Waals surface area contributed by atoms with E-state index in [1.807, 2.05) is 54.6 Å². The van der Waals surface area contributed by atoms with Gasteiger partial charge in [0, 0.05) is 11.1 Å². The smallest absolute Gasteiger partial charge is 0.322 e. The summed E-state index contributed by atoms with van der Waals surface area (Å²) in [5, 5.41) is 12.5. The van der Waals surface area contributed by atoms with Crippen molar-refractivity contribution in [3.63, 3.8) is 0 Å².